The molecule has 0 saturated heterocycles. The third kappa shape index (κ3) is 4.62. The molecule has 68 valence electrons. The van der Waals surface area contributed by atoms with Crippen LogP contribution in [0.1, 0.15) is 5.56 Å². The molecular weight excluding hydrogens is 244 g/mol. The normalized spacial score (nSPS) is 10.4. The second-order valence-electron chi connectivity index (χ2n) is 2.14. The maximum atomic E-state index is 11.7. The van der Waals surface area contributed by atoms with E-state index < -0.39 is 20.0 Å². The molecule has 13 heavy (non-hydrogen) atoms. The van der Waals surface area contributed by atoms with Crippen LogP contribution in [0.5, 0.6) is 0 Å². The summed E-state index contributed by atoms with van der Waals surface area (Å²) in [6.45, 7) is 0. The summed E-state index contributed by atoms with van der Waals surface area (Å²) in [5, 5.41) is -4.13. The second-order valence-corrected chi connectivity index (χ2v) is 3.97. The van der Waals surface area contributed by atoms with Gasteiger partial charge in [0.1, 0.15) is 0 Å². The van der Waals surface area contributed by atoms with Crippen molar-refractivity contribution in [3.8, 4) is 10.7 Å². The Balaban J connectivity index is 2.59. The van der Waals surface area contributed by atoms with Crippen LogP contribution in [-0.2, 0) is 0 Å². The van der Waals surface area contributed by atoms with E-state index in [4.69, 9.17) is 0 Å². The van der Waals surface area contributed by atoms with Crippen LogP contribution in [0.15, 0.2) is 30.3 Å². The molecule has 0 amide bonds. The summed E-state index contributed by atoms with van der Waals surface area (Å²) in [4.78, 5) is 2.13. The van der Waals surface area contributed by atoms with Crippen LogP contribution in [0.25, 0.3) is 0 Å². The van der Waals surface area contributed by atoms with Crippen molar-refractivity contribution in [2.24, 2.45) is 0 Å². The summed E-state index contributed by atoms with van der Waals surface area (Å²) in [6, 6.07) is 8.63. The van der Waals surface area contributed by atoms with E-state index in [-0.39, 0.29) is 0 Å². The first kappa shape index (κ1) is 10.2. The molecule has 0 radical (unpaired) electrons. The van der Waals surface area contributed by atoms with E-state index >= 15 is 0 Å². The van der Waals surface area contributed by atoms with Crippen molar-refractivity contribution < 1.29 is 13.2 Å². The van der Waals surface area contributed by atoms with Gasteiger partial charge in [-0.25, -0.2) is 0 Å². The van der Waals surface area contributed by atoms with Gasteiger partial charge in [-0.15, -0.1) is 0 Å². The number of rotatable bonds is 0. The standard InChI is InChI=1S/C9H5F3Se/c10-9(11,12)13-7-6-8-4-2-1-3-5-8/h1-5H. The fraction of sp³-hybridized carbons (Fsp3) is 0.111. The van der Waals surface area contributed by atoms with E-state index in [9.17, 15) is 13.2 Å². The minimum atomic E-state index is -4.13. The first-order valence-electron chi connectivity index (χ1n) is 3.39. The van der Waals surface area contributed by atoms with Gasteiger partial charge in [0.2, 0.25) is 0 Å². The van der Waals surface area contributed by atoms with Crippen LogP contribution in [0.3, 0.4) is 0 Å². The average molecular weight is 249 g/mol. The number of hydrogen-bond donors (Lipinski definition) is 0. The Hall–Kier alpha value is -0.911. The Labute approximate surface area is 80.3 Å². The molecule has 1 rings (SSSR count). The van der Waals surface area contributed by atoms with Crippen molar-refractivity contribution in [3.05, 3.63) is 35.9 Å². The monoisotopic (exact) mass is 250 g/mol. The van der Waals surface area contributed by atoms with Gasteiger partial charge >= 0.3 is 79.8 Å². The molecule has 0 N–H and O–H groups in total. The number of alkyl halides is 3. The molecule has 0 aliphatic carbocycles. The van der Waals surface area contributed by atoms with Crippen LogP contribution in [0.4, 0.5) is 13.2 Å². The molecule has 1 aromatic rings. The van der Waals surface area contributed by atoms with Gasteiger partial charge in [-0.3, -0.25) is 0 Å². The Kier molecular flexibility index (Phi) is 3.41. The summed E-state index contributed by atoms with van der Waals surface area (Å²) >= 11 is -1.59. The Bertz CT molecular complexity index is 318. The molecular formula is C9H5F3Se. The topological polar surface area (TPSA) is 0 Å². The molecule has 0 fully saturated rings. The molecule has 0 nitrogen and oxygen atoms in total. The van der Waals surface area contributed by atoms with Crippen molar-refractivity contribution in [2.75, 3.05) is 0 Å². The number of hydrogen-bond acceptors (Lipinski definition) is 0. The van der Waals surface area contributed by atoms with E-state index in [0.717, 1.165) is 0 Å². The van der Waals surface area contributed by atoms with Crippen molar-refractivity contribution in [2.45, 2.75) is 5.07 Å². The minimum absolute atomic E-state index is 0.619. The quantitative estimate of drug-likeness (QED) is 0.488. The van der Waals surface area contributed by atoms with Crippen LogP contribution in [0, 0.1) is 10.7 Å². The van der Waals surface area contributed by atoms with E-state index in [1.807, 2.05) is 0 Å². The first-order valence-corrected chi connectivity index (χ1v) is 5.10. The third-order valence-corrected chi connectivity index (χ3v) is 2.05. The van der Waals surface area contributed by atoms with Crippen molar-refractivity contribution in [3.63, 3.8) is 0 Å². The molecule has 0 unspecified atom stereocenters. The van der Waals surface area contributed by atoms with Gasteiger partial charge < -0.3 is 0 Å². The molecule has 0 aliphatic rings. The fourth-order valence-corrected chi connectivity index (χ4v) is 1.26. The first-order chi connectivity index (χ1) is 6.08. The Morgan fingerprint density at radius 1 is 1.08 bits per heavy atom. The number of halogens is 3. The van der Waals surface area contributed by atoms with Gasteiger partial charge in [0.15, 0.2) is 0 Å². The zero-order valence-corrected chi connectivity index (χ0v) is 8.14. The summed E-state index contributed by atoms with van der Waals surface area (Å²) in [7, 11) is 0. The zero-order valence-electron chi connectivity index (χ0n) is 6.43. The van der Waals surface area contributed by atoms with Crippen molar-refractivity contribution >= 4 is 15.0 Å². The van der Waals surface area contributed by atoms with E-state index in [1.165, 1.54) is 0 Å². The van der Waals surface area contributed by atoms with E-state index in [2.05, 4.69) is 10.7 Å². The summed E-state index contributed by atoms with van der Waals surface area (Å²) in [5.41, 5.74) is 0.619. The summed E-state index contributed by atoms with van der Waals surface area (Å²) < 4.78 is 35.1. The molecule has 1 aromatic carbocycles. The fourth-order valence-electron chi connectivity index (χ4n) is 0.664. The van der Waals surface area contributed by atoms with Gasteiger partial charge in [0.25, 0.3) is 0 Å². The maximum absolute atomic E-state index is 11.7. The van der Waals surface area contributed by atoms with Gasteiger partial charge in [0.05, 0.1) is 0 Å². The van der Waals surface area contributed by atoms with Gasteiger partial charge in [0, 0.05) is 0 Å². The molecule has 0 heterocycles. The molecule has 4 heteroatoms. The average Bonchev–Trinajstić information content (AvgIpc) is 2.04. The van der Waals surface area contributed by atoms with E-state index in [1.54, 1.807) is 30.3 Å². The zero-order chi connectivity index (χ0) is 9.73. The van der Waals surface area contributed by atoms with E-state index in [0.29, 0.717) is 5.56 Å². The SMILES string of the molecule is FC(F)(F)[Se]C#Cc1ccccc1. The summed E-state index contributed by atoms with van der Waals surface area (Å²) in [5.74, 6) is 2.46. The predicted molar refractivity (Wildman–Crippen MR) is 45.1 cm³/mol. The molecule has 0 atom stereocenters. The van der Waals surface area contributed by atoms with Gasteiger partial charge in [-0.2, -0.15) is 0 Å². The molecule has 0 spiro atoms. The molecule has 0 saturated carbocycles. The summed E-state index contributed by atoms with van der Waals surface area (Å²) in [6.07, 6.45) is 0. The molecule has 0 bridgehead atoms. The predicted octanol–water partition coefficient (Wildman–Crippen LogP) is 2.22. The van der Waals surface area contributed by atoms with Gasteiger partial charge in [-0.1, -0.05) is 0 Å². The van der Waals surface area contributed by atoms with Crippen molar-refractivity contribution in [1.82, 2.24) is 0 Å². The molecule has 0 aliphatic heterocycles. The van der Waals surface area contributed by atoms with Crippen LogP contribution < -0.4 is 0 Å². The molecule has 0 aromatic heterocycles. The van der Waals surface area contributed by atoms with Gasteiger partial charge in [-0.05, 0) is 0 Å². The Morgan fingerprint density at radius 2 is 1.69 bits per heavy atom. The third-order valence-electron chi connectivity index (χ3n) is 1.14. The Morgan fingerprint density at radius 3 is 2.23 bits per heavy atom. The number of benzene rings is 1. The van der Waals surface area contributed by atoms with Crippen LogP contribution in [0.2, 0.25) is 0 Å². The van der Waals surface area contributed by atoms with Crippen LogP contribution in [-0.4, -0.2) is 20.0 Å². The van der Waals surface area contributed by atoms with Crippen molar-refractivity contribution in [1.29, 1.82) is 0 Å². The van der Waals surface area contributed by atoms with Crippen LogP contribution >= 0.6 is 0 Å². The second kappa shape index (κ2) is 4.36.